The van der Waals surface area contributed by atoms with Gasteiger partial charge in [0.05, 0.1) is 0 Å². The Kier molecular flexibility index (Phi) is 3.75. The molecule has 0 bridgehead atoms. The van der Waals surface area contributed by atoms with E-state index in [4.69, 9.17) is 5.73 Å². The number of nitrogens with two attached hydrogens (primary N) is 1. The lowest BCUT2D eigenvalue weighted by Gasteiger charge is -2.20. The molecule has 0 spiro atoms. The van der Waals surface area contributed by atoms with Crippen molar-refractivity contribution in [1.82, 2.24) is 4.37 Å². The highest BCUT2D eigenvalue weighted by atomic mass is 32.1. The van der Waals surface area contributed by atoms with Crippen molar-refractivity contribution in [1.29, 1.82) is 0 Å². The molecule has 1 aromatic heterocycles. The van der Waals surface area contributed by atoms with Crippen LogP contribution in [0.4, 0.5) is 10.8 Å². The van der Waals surface area contributed by atoms with Crippen LogP contribution in [0.2, 0.25) is 0 Å². The van der Waals surface area contributed by atoms with Gasteiger partial charge in [0.2, 0.25) is 0 Å². The summed E-state index contributed by atoms with van der Waals surface area (Å²) in [5.41, 5.74) is 6.77. The predicted octanol–water partition coefficient (Wildman–Crippen LogP) is 2.88. The van der Waals surface area contributed by atoms with Crippen LogP contribution in [-0.4, -0.2) is 10.4 Å². The first-order chi connectivity index (χ1) is 6.56. The van der Waals surface area contributed by atoms with Gasteiger partial charge in [0, 0.05) is 11.6 Å². The minimum atomic E-state index is 0.508. The number of nitrogen functional groups attached to an aromatic ring is 1. The van der Waals surface area contributed by atoms with Gasteiger partial charge in [-0.25, -0.2) is 0 Å². The van der Waals surface area contributed by atoms with Crippen molar-refractivity contribution >= 4 is 22.4 Å². The van der Waals surface area contributed by atoms with E-state index < -0.39 is 0 Å². The molecule has 0 aliphatic heterocycles. The van der Waals surface area contributed by atoms with Crippen molar-refractivity contribution in [2.24, 2.45) is 5.92 Å². The maximum absolute atomic E-state index is 5.69. The van der Waals surface area contributed by atoms with E-state index in [-0.39, 0.29) is 0 Å². The maximum atomic E-state index is 5.69. The van der Waals surface area contributed by atoms with E-state index in [9.17, 15) is 0 Å². The van der Waals surface area contributed by atoms with Crippen molar-refractivity contribution < 1.29 is 0 Å². The molecule has 0 aromatic carbocycles. The molecule has 1 rings (SSSR count). The number of anilines is 2. The smallest absolute Gasteiger partial charge is 0.142 e. The lowest BCUT2D eigenvalue weighted by molar-refractivity contribution is 0.512. The number of aromatic nitrogens is 1. The average Bonchev–Trinajstić information content (AvgIpc) is 2.44. The van der Waals surface area contributed by atoms with Gasteiger partial charge < -0.3 is 11.1 Å². The van der Waals surface area contributed by atoms with Crippen LogP contribution in [0.3, 0.4) is 0 Å². The summed E-state index contributed by atoms with van der Waals surface area (Å²) in [5, 5.41) is 4.61. The Balaban J connectivity index is 2.72. The second-order valence-electron chi connectivity index (χ2n) is 3.93. The van der Waals surface area contributed by atoms with Gasteiger partial charge in [0.1, 0.15) is 10.8 Å². The zero-order valence-electron chi connectivity index (χ0n) is 9.29. The van der Waals surface area contributed by atoms with Gasteiger partial charge in [0.25, 0.3) is 0 Å². The third kappa shape index (κ3) is 2.38. The minimum Gasteiger partial charge on any atom is -0.383 e. The lowest BCUT2D eigenvalue weighted by Crippen LogP contribution is -2.24. The van der Waals surface area contributed by atoms with Gasteiger partial charge in [0.15, 0.2) is 0 Å². The normalized spacial score (nSPS) is 13.2. The largest absolute Gasteiger partial charge is 0.383 e. The van der Waals surface area contributed by atoms with Crippen molar-refractivity contribution in [3.63, 3.8) is 0 Å². The highest BCUT2D eigenvalue weighted by molar-refractivity contribution is 7.10. The molecule has 3 N–H and O–H groups in total. The molecule has 0 amide bonds. The summed E-state index contributed by atoms with van der Waals surface area (Å²) in [6.07, 6.45) is 1.12. The molecular formula is C10H19N3S. The maximum Gasteiger partial charge on any atom is 0.142 e. The summed E-state index contributed by atoms with van der Waals surface area (Å²) in [6, 6.07) is 0.508. The van der Waals surface area contributed by atoms with Crippen molar-refractivity contribution in [2.75, 3.05) is 11.1 Å². The van der Waals surface area contributed by atoms with Crippen molar-refractivity contribution in [3.8, 4) is 0 Å². The van der Waals surface area contributed by atoms with Gasteiger partial charge in [-0.15, -0.1) is 0 Å². The Morgan fingerprint density at radius 1 is 1.50 bits per heavy atom. The fourth-order valence-electron chi connectivity index (χ4n) is 1.39. The third-order valence-corrected chi connectivity index (χ3v) is 3.42. The fraction of sp³-hybridized carbons (Fsp3) is 0.700. The number of hydrogen-bond acceptors (Lipinski definition) is 4. The quantitative estimate of drug-likeness (QED) is 0.808. The van der Waals surface area contributed by atoms with E-state index in [1.165, 1.54) is 11.5 Å². The molecule has 0 saturated carbocycles. The zero-order chi connectivity index (χ0) is 10.7. The third-order valence-electron chi connectivity index (χ3n) is 2.52. The standard InChI is InChI=1S/C10H19N3S/c1-5-8(6(2)3)12-10-7(4)9(11)13-14-10/h6,8,12H,5H2,1-4H3,(H2,11,13). The Morgan fingerprint density at radius 2 is 2.14 bits per heavy atom. The highest BCUT2D eigenvalue weighted by Crippen LogP contribution is 2.27. The molecule has 1 heterocycles. The van der Waals surface area contributed by atoms with Crippen LogP contribution in [0.1, 0.15) is 32.8 Å². The van der Waals surface area contributed by atoms with Gasteiger partial charge in [-0.1, -0.05) is 20.8 Å². The average molecular weight is 213 g/mol. The molecule has 0 saturated heterocycles. The summed E-state index contributed by atoms with van der Waals surface area (Å²) in [7, 11) is 0. The summed E-state index contributed by atoms with van der Waals surface area (Å²) >= 11 is 1.45. The van der Waals surface area contributed by atoms with Gasteiger partial charge >= 0.3 is 0 Å². The number of nitrogens with one attached hydrogen (secondary N) is 1. The molecule has 4 heteroatoms. The van der Waals surface area contributed by atoms with E-state index in [0.29, 0.717) is 17.8 Å². The second-order valence-corrected chi connectivity index (χ2v) is 4.70. The van der Waals surface area contributed by atoms with Crippen LogP contribution < -0.4 is 11.1 Å². The van der Waals surface area contributed by atoms with E-state index >= 15 is 0 Å². The first-order valence-electron chi connectivity index (χ1n) is 5.04. The molecular weight excluding hydrogens is 194 g/mol. The van der Waals surface area contributed by atoms with Crippen LogP contribution in [-0.2, 0) is 0 Å². The molecule has 0 radical (unpaired) electrons. The lowest BCUT2D eigenvalue weighted by atomic mass is 10.0. The molecule has 1 aromatic rings. The molecule has 3 nitrogen and oxygen atoms in total. The number of nitrogens with zero attached hydrogens (tertiary/aromatic N) is 1. The van der Waals surface area contributed by atoms with Crippen molar-refractivity contribution in [2.45, 2.75) is 40.2 Å². The van der Waals surface area contributed by atoms with E-state index in [0.717, 1.165) is 17.0 Å². The molecule has 0 aliphatic carbocycles. The summed E-state index contributed by atoms with van der Waals surface area (Å²) in [4.78, 5) is 0. The monoisotopic (exact) mass is 213 g/mol. The molecule has 80 valence electrons. The van der Waals surface area contributed by atoms with Crippen LogP contribution in [0.25, 0.3) is 0 Å². The number of rotatable bonds is 4. The fourth-order valence-corrected chi connectivity index (χ4v) is 2.16. The summed E-state index contributed by atoms with van der Waals surface area (Å²) in [5.74, 6) is 1.28. The molecule has 14 heavy (non-hydrogen) atoms. The Morgan fingerprint density at radius 3 is 2.50 bits per heavy atom. The highest BCUT2D eigenvalue weighted by Gasteiger charge is 2.14. The first kappa shape index (κ1) is 11.3. The molecule has 1 unspecified atom stereocenters. The van der Waals surface area contributed by atoms with Crippen LogP contribution in [0.5, 0.6) is 0 Å². The van der Waals surface area contributed by atoms with Gasteiger partial charge in [-0.2, -0.15) is 4.37 Å². The minimum absolute atomic E-state index is 0.508. The Bertz CT molecular complexity index is 294. The van der Waals surface area contributed by atoms with Crippen molar-refractivity contribution in [3.05, 3.63) is 5.56 Å². The number of hydrogen-bond donors (Lipinski definition) is 2. The summed E-state index contributed by atoms with van der Waals surface area (Å²) in [6.45, 7) is 8.65. The second kappa shape index (κ2) is 4.64. The SMILES string of the molecule is CCC(Nc1snc(N)c1C)C(C)C. The topological polar surface area (TPSA) is 50.9 Å². The summed E-state index contributed by atoms with van der Waals surface area (Å²) < 4.78 is 4.12. The first-order valence-corrected chi connectivity index (χ1v) is 5.81. The van der Waals surface area contributed by atoms with Gasteiger partial charge in [-0.3, -0.25) is 0 Å². The van der Waals surface area contributed by atoms with Crippen LogP contribution in [0.15, 0.2) is 0 Å². The van der Waals surface area contributed by atoms with Crippen LogP contribution in [0, 0.1) is 12.8 Å². The van der Waals surface area contributed by atoms with E-state index in [2.05, 4.69) is 30.5 Å². The Hall–Kier alpha value is -0.770. The van der Waals surface area contributed by atoms with E-state index in [1.54, 1.807) is 0 Å². The zero-order valence-corrected chi connectivity index (χ0v) is 10.1. The Labute approximate surface area is 89.9 Å². The van der Waals surface area contributed by atoms with Crippen LogP contribution >= 0.6 is 11.5 Å². The van der Waals surface area contributed by atoms with Gasteiger partial charge in [-0.05, 0) is 30.8 Å². The molecule has 0 aliphatic rings. The predicted molar refractivity (Wildman–Crippen MR) is 63.8 cm³/mol. The molecule has 0 fully saturated rings. The van der Waals surface area contributed by atoms with E-state index in [1.807, 2.05) is 6.92 Å². The molecule has 1 atom stereocenters.